The molecule has 0 spiro atoms. The Morgan fingerprint density at radius 2 is 1.66 bits per heavy atom. The Kier molecular flexibility index (Phi) is 8.93. The van der Waals surface area contributed by atoms with E-state index in [1.54, 1.807) is 73.7 Å². The molecule has 0 bridgehead atoms. The highest BCUT2D eigenvalue weighted by atomic mass is 79.9. The second-order valence-corrected chi connectivity index (χ2v) is 10.9. The number of benzene rings is 3. The zero-order chi connectivity index (χ0) is 25.6. The third kappa shape index (κ3) is 6.42. The summed E-state index contributed by atoms with van der Waals surface area (Å²) < 4.78 is 28.9. The molecule has 0 saturated carbocycles. The van der Waals surface area contributed by atoms with Gasteiger partial charge in [0.25, 0.3) is 10.0 Å². The summed E-state index contributed by atoms with van der Waals surface area (Å²) in [5.41, 5.74) is 0.944. The number of halogens is 2. The molecule has 1 atom stereocenters. The van der Waals surface area contributed by atoms with Crippen molar-refractivity contribution in [2.45, 2.75) is 24.4 Å². The molecule has 0 aliphatic carbocycles. The van der Waals surface area contributed by atoms with Gasteiger partial charge in [-0.3, -0.25) is 13.9 Å². The van der Waals surface area contributed by atoms with E-state index in [-0.39, 0.29) is 17.3 Å². The summed E-state index contributed by atoms with van der Waals surface area (Å²) in [4.78, 5) is 27.5. The molecule has 0 heterocycles. The lowest BCUT2D eigenvalue weighted by atomic mass is 10.1. The van der Waals surface area contributed by atoms with Crippen LogP contribution in [0.25, 0.3) is 0 Å². The number of amides is 2. The lowest BCUT2D eigenvalue weighted by Gasteiger charge is -2.32. The smallest absolute Gasteiger partial charge is 0.264 e. The van der Waals surface area contributed by atoms with Crippen LogP contribution in [0.5, 0.6) is 0 Å². The van der Waals surface area contributed by atoms with Crippen molar-refractivity contribution in [3.05, 3.63) is 93.9 Å². The normalized spacial score (nSPS) is 12.0. The van der Waals surface area contributed by atoms with E-state index in [1.807, 2.05) is 0 Å². The molecule has 10 heteroatoms. The zero-order valence-electron chi connectivity index (χ0n) is 19.2. The molecule has 2 amide bonds. The fraction of sp³-hybridized carbons (Fsp3) is 0.200. The molecule has 0 aromatic heterocycles. The van der Waals surface area contributed by atoms with Gasteiger partial charge in [0.05, 0.1) is 10.6 Å². The Balaban J connectivity index is 2.04. The van der Waals surface area contributed by atoms with Crippen molar-refractivity contribution in [1.29, 1.82) is 0 Å². The number of rotatable bonds is 9. The molecular formula is C25H25BrClN3O4S. The molecule has 35 heavy (non-hydrogen) atoms. The van der Waals surface area contributed by atoms with Crippen LogP contribution in [0.3, 0.4) is 0 Å². The third-order valence-electron chi connectivity index (χ3n) is 5.42. The van der Waals surface area contributed by atoms with E-state index in [0.717, 1.165) is 4.31 Å². The predicted octanol–water partition coefficient (Wildman–Crippen LogP) is 4.46. The van der Waals surface area contributed by atoms with Crippen LogP contribution in [0.1, 0.15) is 12.5 Å². The SMILES string of the molecule is CNC(=O)[C@H](C)N(Cc1ccccc1Cl)C(=O)CN(c1cccc(Br)c1)S(=O)(=O)c1ccccc1. The largest absolute Gasteiger partial charge is 0.357 e. The van der Waals surface area contributed by atoms with Gasteiger partial charge in [0.2, 0.25) is 11.8 Å². The number of carbonyl (C=O) groups is 2. The summed E-state index contributed by atoms with van der Waals surface area (Å²) in [6, 6.07) is 20.7. The molecular weight excluding hydrogens is 554 g/mol. The summed E-state index contributed by atoms with van der Waals surface area (Å²) in [6.07, 6.45) is 0. The molecule has 0 fully saturated rings. The monoisotopic (exact) mass is 577 g/mol. The van der Waals surface area contributed by atoms with Crippen molar-refractivity contribution in [2.24, 2.45) is 0 Å². The maximum atomic E-state index is 13.7. The third-order valence-corrected chi connectivity index (χ3v) is 8.07. The van der Waals surface area contributed by atoms with Gasteiger partial charge in [-0.2, -0.15) is 0 Å². The van der Waals surface area contributed by atoms with E-state index in [1.165, 1.54) is 24.1 Å². The van der Waals surface area contributed by atoms with Crippen LogP contribution in [-0.4, -0.2) is 44.8 Å². The van der Waals surface area contributed by atoms with E-state index in [2.05, 4.69) is 21.2 Å². The second-order valence-electron chi connectivity index (χ2n) is 7.71. The minimum absolute atomic E-state index is 0.0325. The Hall–Kier alpha value is -2.88. The first-order valence-corrected chi connectivity index (χ1v) is 13.3. The first kappa shape index (κ1) is 26.7. The number of hydrogen-bond donors (Lipinski definition) is 1. The number of nitrogens with one attached hydrogen (secondary N) is 1. The van der Waals surface area contributed by atoms with E-state index < -0.39 is 28.5 Å². The Morgan fingerprint density at radius 1 is 1.00 bits per heavy atom. The van der Waals surface area contributed by atoms with Gasteiger partial charge in [0.1, 0.15) is 12.6 Å². The van der Waals surface area contributed by atoms with Gasteiger partial charge in [0.15, 0.2) is 0 Å². The van der Waals surface area contributed by atoms with Gasteiger partial charge in [-0.25, -0.2) is 8.42 Å². The Bertz CT molecular complexity index is 1300. The molecule has 0 aliphatic rings. The summed E-state index contributed by atoms with van der Waals surface area (Å²) in [5, 5.41) is 2.99. The lowest BCUT2D eigenvalue weighted by Crippen LogP contribution is -2.50. The number of anilines is 1. The topological polar surface area (TPSA) is 86.8 Å². The average Bonchev–Trinajstić information content (AvgIpc) is 2.86. The lowest BCUT2D eigenvalue weighted by molar-refractivity contribution is -0.139. The molecule has 3 aromatic rings. The maximum Gasteiger partial charge on any atom is 0.264 e. The first-order chi connectivity index (χ1) is 16.6. The fourth-order valence-electron chi connectivity index (χ4n) is 3.48. The number of sulfonamides is 1. The van der Waals surface area contributed by atoms with E-state index in [9.17, 15) is 18.0 Å². The molecule has 3 rings (SSSR count). The van der Waals surface area contributed by atoms with Crippen molar-refractivity contribution in [3.63, 3.8) is 0 Å². The summed E-state index contributed by atoms with van der Waals surface area (Å²) in [5.74, 6) is -0.939. The van der Waals surface area contributed by atoms with Crippen LogP contribution < -0.4 is 9.62 Å². The van der Waals surface area contributed by atoms with Crippen LogP contribution >= 0.6 is 27.5 Å². The van der Waals surface area contributed by atoms with Crippen LogP contribution in [0, 0.1) is 0 Å². The van der Waals surface area contributed by atoms with Crippen LogP contribution in [0.15, 0.2) is 88.2 Å². The van der Waals surface area contributed by atoms with Crippen molar-refractivity contribution >= 4 is 55.1 Å². The minimum Gasteiger partial charge on any atom is -0.357 e. The van der Waals surface area contributed by atoms with Gasteiger partial charge in [0, 0.05) is 23.1 Å². The van der Waals surface area contributed by atoms with E-state index >= 15 is 0 Å². The van der Waals surface area contributed by atoms with Gasteiger partial charge in [-0.1, -0.05) is 70.0 Å². The van der Waals surface area contributed by atoms with Crippen LogP contribution in [0.2, 0.25) is 5.02 Å². The van der Waals surface area contributed by atoms with Gasteiger partial charge < -0.3 is 10.2 Å². The van der Waals surface area contributed by atoms with Crippen molar-refractivity contribution < 1.29 is 18.0 Å². The molecule has 0 unspecified atom stereocenters. The first-order valence-electron chi connectivity index (χ1n) is 10.7. The molecule has 1 N–H and O–H groups in total. The van der Waals surface area contributed by atoms with Gasteiger partial charge >= 0.3 is 0 Å². The number of likely N-dealkylation sites (N-methyl/N-ethyl adjacent to an activating group) is 1. The molecule has 0 radical (unpaired) electrons. The Labute approximate surface area is 218 Å². The predicted molar refractivity (Wildman–Crippen MR) is 141 cm³/mol. The highest BCUT2D eigenvalue weighted by molar-refractivity contribution is 9.10. The standard InChI is InChI=1S/C25H25BrClN3O4S/c1-18(25(32)28-2)29(16-19-9-6-7-14-23(19)27)24(31)17-30(21-11-8-10-20(26)15-21)35(33,34)22-12-4-3-5-13-22/h3-15,18H,16-17H2,1-2H3,(H,28,32)/t18-/m0/s1. The molecule has 3 aromatic carbocycles. The van der Waals surface area contributed by atoms with Gasteiger partial charge in [-0.05, 0) is 48.9 Å². The second kappa shape index (κ2) is 11.7. The number of nitrogens with zero attached hydrogens (tertiary/aromatic N) is 2. The fourth-order valence-corrected chi connectivity index (χ4v) is 5.49. The van der Waals surface area contributed by atoms with Crippen molar-refractivity contribution in [2.75, 3.05) is 17.9 Å². The van der Waals surface area contributed by atoms with Crippen LogP contribution in [-0.2, 0) is 26.2 Å². The van der Waals surface area contributed by atoms with Crippen molar-refractivity contribution in [3.8, 4) is 0 Å². The maximum absolute atomic E-state index is 13.7. The highest BCUT2D eigenvalue weighted by Gasteiger charge is 2.32. The summed E-state index contributed by atoms with van der Waals surface area (Å²) >= 11 is 9.68. The minimum atomic E-state index is -4.09. The molecule has 7 nitrogen and oxygen atoms in total. The average molecular weight is 579 g/mol. The summed E-state index contributed by atoms with van der Waals surface area (Å²) in [7, 11) is -2.62. The number of carbonyl (C=O) groups excluding carboxylic acids is 2. The Morgan fingerprint density at radius 3 is 2.29 bits per heavy atom. The van der Waals surface area contributed by atoms with E-state index in [0.29, 0.717) is 20.7 Å². The molecule has 0 aliphatic heterocycles. The quantitative estimate of drug-likeness (QED) is 0.406. The summed E-state index contributed by atoms with van der Waals surface area (Å²) in [6.45, 7) is 1.10. The number of hydrogen-bond acceptors (Lipinski definition) is 4. The van der Waals surface area contributed by atoms with E-state index in [4.69, 9.17) is 11.6 Å². The van der Waals surface area contributed by atoms with Gasteiger partial charge in [-0.15, -0.1) is 0 Å². The zero-order valence-corrected chi connectivity index (χ0v) is 22.3. The highest BCUT2D eigenvalue weighted by Crippen LogP contribution is 2.27. The van der Waals surface area contributed by atoms with Crippen molar-refractivity contribution in [1.82, 2.24) is 10.2 Å². The molecule has 0 saturated heterocycles. The molecule has 184 valence electrons. The van der Waals surface area contributed by atoms with Crippen LogP contribution in [0.4, 0.5) is 5.69 Å².